The molecule has 1 heterocycles. The van der Waals surface area contributed by atoms with Gasteiger partial charge in [0.2, 0.25) is 5.91 Å². The van der Waals surface area contributed by atoms with Crippen molar-refractivity contribution < 1.29 is 13.2 Å². The second kappa shape index (κ2) is 8.00. The largest absolute Gasteiger partial charge is 0.343 e. The Bertz CT molecular complexity index is 1220. The van der Waals surface area contributed by atoms with E-state index in [1.807, 2.05) is 66.5 Å². The number of para-hydroxylation sites is 3. The number of amidine groups is 1. The first kappa shape index (κ1) is 19.7. The van der Waals surface area contributed by atoms with E-state index in [0.717, 1.165) is 11.4 Å². The summed E-state index contributed by atoms with van der Waals surface area (Å²) in [6.07, 6.45) is 0. The lowest BCUT2D eigenvalue weighted by Crippen LogP contribution is -2.24. The predicted octanol–water partition coefficient (Wildman–Crippen LogP) is 3.13. The molecular formula is C22H20N4O3S. The third kappa shape index (κ3) is 3.90. The first-order valence-corrected chi connectivity index (χ1v) is 10.8. The molecule has 0 aromatic heterocycles. The van der Waals surface area contributed by atoms with Crippen molar-refractivity contribution in [2.75, 3.05) is 23.8 Å². The van der Waals surface area contributed by atoms with E-state index in [4.69, 9.17) is 0 Å². The molecule has 3 aromatic carbocycles. The van der Waals surface area contributed by atoms with Crippen molar-refractivity contribution in [1.29, 1.82) is 0 Å². The van der Waals surface area contributed by atoms with Gasteiger partial charge in [-0.25, -0.2) is 8.42 Å². The Labute approximate surface area is 175 Å². The highest BCUT2D eigenvalue weighted by Gasteiger charge is 2.30. The molecule has 8 heteroatoms. The summed E-state index contributed by atoms with van der Waals surface area (Å²) in [7, 11) is -1.71. The number of fused-ring (bicyclic) bond motifs is 1. The average Bonchev–Trinajstić information content (AvgIpc) is 3.03. The Morgan fingerprint density at radius 2 is 1.63 bits per heavy atom. The van der Waals surface area contributed by atoms with Crippen LogP contribution in [0.25, 0.3) is 0 Å². The minimum atomic E-state index is -3.63. The number of amides is 1. The van der Waals surface area contributed by atoms with Gasteiger partial charge in [-0.2, -0.15) is 0 Å². The van der Waals surface area contributed by atoms with Crippen molar-refractivity contribution >= 4 is 38.8 Å². The molecule has 4 rings (SSSR count). The van der Waals surface area contributed by atoms with Gasteiger partial charge in [0, 0.05) is 18.3 Å². The van der Waals surface area contributed by atoms with Crippen LogP contribution in [0.4, 0.5) is 17.1 Å². The van der Waals surface area contributed by atoms with E-state index in [0.29, 0.717) is 11.3 Å². The molecule has 1 aliphatic rings. The highest BCUT2D eigenvalue weighted by molar-refractivity contribution is 7.90. The maximum absolute atomic E-state index is 12.5. The van der Waals surface area contributed by atoms with Gasteiger partial charge < -0.3 is 10.2 Å². The normalized spacial score (nSPS) is 15.3. The minimum Gasteiger partial charge on any atom is -0.343 e. The monoisotopic (exact) mass is 420 g/mol. The first-order chi connectivity index (χ1) is 14.5. The summed E-state index contributed by atoms with van der Waals surface area (Å²) in [4.78, 5) is 18.9. The van der Waals surface area contributed by atoms with Crippen LogP contribution in [0.3, 0.4) is 0 Å². The highest BCUT2D eigenvalue weighted by atomic mass is 32.2. The zero-order valence-corrected chi connectivity index (χ0v) is 17.1. The summed E-state index contributed by atoms with van der Waals surface area (Å²) in [6, 6.07) is 23.8. The standard InChI is InChI=1S/C22H20N4O3S/c1-26(16-9-3-2-4-10-16)19-13-7-6-12-18(19)24-21(27)15-23-22-17-11-5-8-14-20(17)30(28,29)25-22/h2-14H,15H2,1H3,(H,23,25)(H,24,27). The highest BCUT2D eigenvalue weighted by Crippen LogP contribution is 2.30. The lowest BCUT2D eigenvalue weighted by Gasteiger charge is -2.22. The van der Waals surface area contributed by atoms with Gasteiger partial charge in [-0.1, -0.05) is 42.5 Å². The SMILES string of the molecule is CN(c1ccccc1)c1ccccc1NC(=O)CN=C1NS(=O)(=O)c2ccccc21. The molecule has 0 bridgehead atoms. The second-order valence-electron chi connectivity index (χ2n) is 6.73. The molecule has 0 radical (unpaired) electrons. The Kier molecular flexibility index (Phi) is 5.24. The number of sulfonamides is 1. The van der Waals surface area contributed by atoms with Crippen molar-refractivity contribution in [3.63, 3.8) is 0 Å². The molecule has 1 aliphatic heterocycles. The van der Waals surface area contributed by atoms with Crippen LogP contribution in [0.15, 0.2) is 88.8 Å². The lowest BCUT2D eigenvalue weighted by molar-refractivity contribution is -0.114. The van der Waals surface area contributed by atoms with Crippen molar-refractivity contribution in [2.45, 2.75) is 4.90 Å². The zero-order valence-electron chi connectivity index (χ0n) is 16.2. The van der Waals surface area contributed by atoms with E-state index in [-0.39, 0.29) is 23.2 Å². The molecule has 0 saturated carbocycles. The van der Waals surface area contributed by atoms with Crippen LogP contribution in [-0.2, 0) is 14.8 Å². The van der Waals surface area contributed by atoms with Gasteiger partial charge in [-0.3, -0.25) is 14.5 Å². The lowest BCUT2D eigenvalue weighted by atomic mass is 10.2. The summed E-state index contributed by atoms with van der Waals surface area (Å²) in [5, 5.41) is 2.86. The maximum Gasteiger partial charge on any atom is 0.263 e. The van der Waals surface area contributed by atoms with Gasteiger partial charge >= 0.3 is 0 Å². The molecule has 152 valence electrons. The quantitative estimate of drug-likeness (QED) is 0.664. The van der Waals surface area contributed by atoms with E-state index in [9.17, 15) is 13.2 Å². The fraction of sp³-hybridized carbons (Fsp3) is 0.0909. The van der Waals surface area contributed by atoms with Crippen LogP contribution in [0.2, 0.25) is 0 Å². The topological polar surface area (TPSA) is 90.9 Å². The van der Waals surface area contributed by atoms with Crippen molar-refractivity contribution in [1.82, 2.24) is 4.72 Å². The summed E-state index contributed by atoms with van der Waals surface area (Å²) in [5.74, 6) is -0.171. The van der Waals surface area contributed by atoms with Crippen LogP contribution in [-0.4, -0.2) is 33.8 Å². The predicted molar refractivity (Wildman–Crippen MR) is 118 cm³/mol. The van der Waals surface area contributed by atoms with E-state index in [2.05, 4.69) is 15.0 Å². The Morgan fingerprint density at radius 1 is 0.967 bits per heavy atom. The van der Waals surface area contributed by atoms with E-state index >= 15 is 0 Å². The molecule has 2 N–H and O–H groups in total. The third-order valence-corrected chi connectivity index (χ3v) is 6.12. The number of anilines is 3. The Balaban J connectivity index is 1.52. The van der Waals surface area contributed by atoms with Crippen molar-refractivity contribution in [3.8, 4) is 0 Å². The van der Waals surface area contributed by atoms with Gasteiger partial charge in [0.1, 0.15) is 12.4 Å². The maximum atomic E-state index is 12.5. The molecule has 30 heavy (non-hydrogen) atoms. The number of hydrogen-bond donors (Lipinski definition) is 2. The number of hydrogen-bond acceptors (Lipinski definition) is 5. The number of nitrogens with one attached hydrogen (secondary N) is 2. The number of aliphatic imine (C=N–C) groups is 1. The summed E-state index contributed by atoms with van der Waals surface area (Å²) < 4.78 is 26.7. The fourth-order valence-electron chi connectivity index (χ4n) is 3.25. The summed E-state index contributed by atoms with van der Waals surface area (Å²) in [6.45, 7) is -0.213. The number of nitrogens with zero attached hydrogens (tertiary/aromatic N) is 2. The van der Waals surface area contributed by atoms with Crippen molar-refractivity contribution in [2.24, 2.45) is 4.99 Å². The number of benzene rings is 3. The minimum absolute atomic E-state index is 0.166. The molecule has 0 spiro atoms. The Morgan fingerprint density at radius 3 is 2.43 bits per heavy atom. The summed E-state index contributed by atoms with van der Waals surface area (Å²) in [5.41, 5.74) is 2.92. The molecule has 1 amide bonds. The number of carbonyl (C=O) groups excluding carboxylic acids is 1. The molecule has 0 unspecified atom stereocenters. The van der Waals surface area contributed by atoms with Crippen LogP contribution in [0.1, 0.15) is 5.56 Å². The van der Waals surface area contributed by atoms with E-state index in [1.54, 1.807) is 18.2 Å². The van der Waals surface area contributed by atoms with Crippen LogP contribution < -0.4 is 14.9 Å². The molecule has 3 aromatic rings. The van der Waals surface area contributed by atoms with Gasteiger partial charge in [-0.15, -0.1) is 0 Å². The van der Waals surface area contributed by atoms with Crippen LogP contribution in [0, 0.1) is 0 Å². The molecule has 7 nitrogen and oxygen atoms in total. The molecule has 0 fully saturated rings. The van der Waals surface area contributed by atoms with Gasteiger partial charge in [0.05, 0.1) is 16.3 Å². The fourth-order valence-corrected chi connectivity index (χ4v) is 4.51. The number of carbonyl (C=O) groups is 1. The average molecular weight is 420 g/mol. The molecule has 0 aliphatic carbocycles. The molecule has 0 atom stereocenters. The van der Waals surface area contributed by atoms with Crippen molar-refractivity contribution in [3.05, 3.63) is 84.4 Å². The van der Waals surface area contributed by atoms with Gasteiger partial charge in [-0.05, 0) is 36.4 Å². The summed E-state index contributed by atoms with van der Waals surface area (Å²) >= 11 is 0. The third-order valence-electron chi connectivity index (χ3n) is 4.73. The zero-order chi connectivity index (χ0) is 21.1. The van der Waals surface area contributed by atoms with Crippen LogP contribution >= 0.6 is 0 Å². The smallest absolute Gasteiger partial charge is 0.263 e. The number of rotatable bonds is 5. The van der Waals surface area contributed by atoms with Gasteiger partial charge in [0.25, 0.3) is 10.0 Å². The van der Waals surface area contributed by atoms with E-state index < -0.39 is 10.0 Å². The second-order valence-corrected chi connectivity index (χ2v) is 8.38. The van der Waals surface area contributed by atoms with Crippen LogP contribution in [0.5, 0.6) is 0 Å². The molecular weight excluding hydrogens is 400 g/mol. The van der Waals surface area contributed by atoms with E-state index in [1.165, 1.54) is 6.07 Å². The van der Waals surface area contributed by atoms with Gasteiger partial charge in [0.15, 0.2) is 0 Å². The Hall–Kier alpha value is -3.65. The first-order valence-electron chi connectivity index (χ1n) is 9.30. The molecule has 0 saturated heterocycles.